The molecular formula is C10H17N3. The normalized spacial score (nSPS) is 12.5. The summed E-state index contributed by atoms with van der Waals surface area (Å²) in [5, 5.41) is 3.29. The Morgan fingerprint density at radius 3 is 2.77 bits per heavy atom. The van der Waals surface area contributed by atoms with Crippen molar-refractivity contribution in [3.05, 3.63) is 24.5 Å². The lowest BCUT2D eigenvalue weighted by Gasteiger charge is -2.09. The Bertz CT molecular complexity index is 223. The van der Waals surface area contributed by atoms with Crippen LogP contribution >= 0.6 is 0 Å². The molecule has 0 aliphatic heterocycles. The number of nitrogens with one attached hydrogen (secondary N) is 1. The summed E-state index contributed by atoms with van der Waals surface area (Å²) < 4.78 is 0. The zero-order valence-electron chi connectivity index (χ0n) is 8.03. The van der Waals surface area contributed by atoms with E-state index in [0.29, 0.717) is 6.04 Å². The second-order valence-electron chi connectivity index (χ2n) is 3.12. The van der Waals surface area contributed by atoms with Crippen LogP contribution in [0, 0.1) is 0 Å². The van der Waals surface area contributed by atoms with Gasteiger partial charge in [0.15, 0.2) is 0 Å². The molecule has 0 aliphatic carbocycles. The van der Waals surface area contributed by atoms with Crippen molar-refractivity contribution >= 4 is 5.69 Å². The van der Waals surface area contributed by atoms with E-state index >= 15 is 0 Å². The fourth-order valence-electron chi connectivity index (χ4n) is 1.08. The van der Waals surface area contributed by atoms with E-state index in [4.69, 9.17) is 5.73 Å². The van der Waals surface area contributed by atoms with Crippen molar-refractivity contribution in [1.82, 2.24) is 4.98 Å². The zero-order chi connectivity index (χ0) is 9.52. The average molecular weight is 179 g/mol. The number of aromatic nitrogens is 1. The van der Waals surface area contributed by atoms with Crippen molar-refractivity contribution in [2.24, 2.45) is 5.73 Å². The molecule has 13 heavy (non-hydrogen) atoms. The van der Waals surface area contributed by atoms with Crippen LogP contribution in [0.25, 0.3) is 0 Å². The van der Waals surface area contributed by atoms with Crippen LogP contribution < -0.4 is 11.1 Å². The molecule has 0 saturated carbocycles. The minimum absolute atomic E-state index is 0.314. The first kappa shape index (κ1) is 9.99. The van der Waals surface area contributed by atoms with Crippen molar-refractivity contribution in [1.29, 1.82) is 0 Å². The first-order chi connectivity index (χ1) is 6.33. The van der Waals surface area contributed by atoms with Crippen LogP contribution in [0.3, 0.4) is 0 Å². The zero-order valence-corrected chi connectivity index (χ0v) is 8.03. The van der Waals surface area contributed by atoms with Gasteiger partial charge in [-0.1, -0.05) is 6.92 Å². The smallest absolute Gasteiger partial charge is 0.0371 e. The maximum atomic E-state index is 5.78. The summed E-state index contributed by atoms with van der Waals surface area (Å²) in [5.41, 5.74) is 6.89. The van der Waals surface area contributed by atoms with Gasteiger partial charge in [0.05, 0.1) is 0 Å². The molecule has 1 aromatic rings. The van der Waals surface area contributed by atoms with E-state index in [1.54, 1.807) is 12.4 Å². The Kier molecular flexibility index (Phi) is 4.26. The standard InChI is InChI=1S/C10H17N3/c1-2-9(11)3-8-13-10-4-6-12-7-5-10/h4-7,9H,2-3,8,11H2,1H3,(H,12,13). The highest BCUT2D eigenvalue weighted by atomic mass is 14.9. The summed E-state index contributed by atoms with van der Waals surface area (Å²) in [6.45, 7) is 3.04. The Labute approximate surface area is 79.4 Å². The lowest BCUT2D eigenvalue weighted by atomic mass is 10.2. The SMILES string of the molecule is CCC(N)CCNc1ccncc1. The first-order valence-corrected chi connectivity index (χ1v) is 4.72. The van der Waals surface area contributed by atoms with Crippen molar-refractivity contribution in [2.75, 3.05) is 11.9 Å². The van der Waals surface area contributed by atoms with Crippen LogP contribution in [0.4, 0.5) is 5.69 Å². The first-order valence-electron chi connectivity index (χ1n) is 4.72. The maximum absolute atomic E-state index is 5.78. The topological polar surface area (TPSA) is 50.9 Å². The second kappa shape index (κ2) is 5.54. The van der Waals surface area contributed by atoms with E-state index in [1.165, 1.54) is 0 Å². The predicted molar refractivity (Wildman–Crippen MR) is 55.6 cm³/mol. The summed E-state index contributed by atoms with van der Waals surface area (Å²) in [6, 6.07) is 4.23. The van der Waals surface area contributed by atoms with E-state index in [1.807, 2.05) is 12.1 Å². The van der Waals surface area contributed by atoms with E-state index in [9.17, 15) is 0 Å². The average Bonchev–Trinajstić information content (AvgIpc) is 2.19. The highest BCUT2D eigenvalue weighted by Crippen LogP contribution is 2.03. The van der Waals surface area contributed by atoms with Gasteiger partial charge >= 0.3 is 0 Å². The molecule has 3 N–H and O–H groups in total. The number of nitrogens with two attached hydrogens (primary N) is 1. The number of hydrogen-bond acceptors (Lipinski definition) is 3. The van der Waals surface area contributed by atoms with Crippen molar-refractivity contribution in [3.8, 4) is 0 Å². The molecular weight excluding hydrogens is 162 g/mol. The molecule has 0 radical (unpaired) electrons. The van der Waals surface area contributed by atoms with Gasteiger partial charge in [-0.2, -0.15) is 0 Å². The lowest BCUT2D eigenvalue weighted by molar-refractivity contribution is 0.613. The Morgan fingerprint density at radius 2 is 2.15 bits per heavy atom. The molecule has 1 atom stereocenters. The van der Waals surface area contributed by atoms with Crippen LogP contribution in [-0.4, -0.2) is 17.6 Å². The molecule has 3 nitrogen and oxygen atoms in total. The van der Waals surface area contributed by atoms with Crippen molar-refractivity contribution in [2.45, 2.75) is 25.8 Å². The monoisotopic (exact) mass is 179 g/mol. The van der Waals surface area contributed by atoms with E-state index < -0.39 is 0 Å². The molecule has 1 aromatic heterocycles. The van der Waals surface area contributed by atoms with Gasteiger partial charge in [-0.05, 0) is 25.0 Å². The molecule has 0 aromatic carbocycles. The van der Waals surface area contributed by atoms with Crippen LogP contribution in [0.2, 0.25) is 0 Å². The quantitative estimate of drug-likeness (QED) is 0.722. The van der Waals surface area contributed by atoms with Gasteiger partial charge in [-0.15, -0.1) is 0 Å². The van der Waals surface area contributed by atoms with Gasteiger partial charge in [0.1, 0.15) is 0 Å². The summed E-state index contributed by atoms with van der Waals surface area (Å²) in [4.78, 5) is 3.94. The van der Waals surface area contributed by atoms with E-state index in [-0.39, 0.29) is 0 Å². The van der Waals surface area contributed by atoms with Gasteiger partial charge in [0, 0.05) is 30.7 Å². The van der Waals surface area contributed by atoms with Crippen LogP contribution in [0.15, 0.2) is 24.5 Å². The minimum atomic E-state index is 0.314. The maximum Gasteiger partial charge on any atom is 0.0371 e. The fraction of sp³-hybridized carbons (Fsp3) is 0.500. The largest absolute Gasteiger partial charge is 0.385 e. The van der Waals surface area contributed by atoms with Crippen LogP contribution in [0.5, 0.6) is 0 Å². The molecule has 0 bridgehead atoms. The van der Waals surface area contributed by atoms with Gasteiger partial charge in [0.25, 0.3) is 0 Å². The van der Waals surface area contributed by atoms with Gasteiger partial charge in [0.2, 0.25) is 0 Å². The summed E-state index contributed by atoms with van der Waals surface area (Å²) in [7, 11) is 0. The van der Waals surface area contributed by atoms with Crippen LogP contribution in [-0.2, 0) is 0 Å². The highest BCUT2D eigenvalue weighted by molar-refractivity contribution is 5.40. The minimum Gasteiger partial charge on any atom is -0.385 e. The molecule has 0 amide bonds. The molecule has 0 saturated heterocycles. The molecule has 3 heteroatoms. The lowest BCUT2D eigenvalue weighted by Crippen LogP contribution is -2.22. The molecule has 0 aliphatic rings. The predicted octanol–water partition coefficient (Wildman–Crippen LogP) is 1.62. The Balaban J connectivity index is 2.20. The Morgan fingerprint density at radius 1 is 1.46 bits per heavy atom. The summed E-state index contributed by atoms with van der Waals surface area (Å²) >= 11 is 0. The highest BCUT2D eigenvalue weighted by Gasteiger charge is 1.97. The molecule has 0 fully saturated rings. The van der Waals surface area contributed by atoms with Crippen molar-refractivity contribution in [3.63, 3.8) is 0 Å². The number of pyridine rings is 1. The molecule has 1 heterocycles. The van der Waals surface area contributed by atoms with Gasteiger partial charge in [-0.25, -0.2) is 0 Å². The van der Waals surface area contributed by atoms with Crippen LogP contribution in [0.1, 0.15) is 19.8 Å². The van der Waals surface area contributed by atoms with Gasteiger partial charge < -0.3 is 11.1 Å². The third kappa shape index (κ3) is 3.90. The molecule has 0 spiro atoms. The molecule has 1 rings (SSSR count). The number of hydrogen-bond donors (Lipinski definition) is 2. The van der Waals surface area contributed by atoms with E-state index in [2.05, 4.69) is 17.2 Å². The Hall–Kier alpha value is -1.09. The number of nitrogens with zero attached hydrogens (tertiary/aromatic N) is 1. The van der Waals surface area contributed by atoms with Crippen molar-refractivity contribution < 1.29 is 0 Å². The number of anilines is 1. The fourth-order valence-corrected chi connectivity index (χ4v) is 1.08. The summed E-state index contributed by atoms with van der Waals surface area (Å²) in [5.74, 6) is 0. The number of rotatable bonds is 5. The van der Waals surface area contributed by atoms with E-state index in [0.717, 1.165) is 25.1 Å². The third-order valence-corrected chi connectivity index (χ3v) is 2.05. The third-order valence-electron chi connectivity index (χ3n) is 2.05. The second-order valence-corrected chi connectivity index (χ2v) is 3.12. The molecule has 1 unspecified atom stereocenters. The summed E-state index contributed by atoms with van der Waals surface area (Å²) in [6.07, 6.45) is 5.61. The molecule has 72 valence electrons. The van der Waals surface area contributed by atoms with Gasteiger partial charge in [-0.3, -0.25) is 4.98 Å².